The maximum Gasteiger partial charge on any atom is 0.251 e. The van der Waals surface area contributed by atoms with Gasteiger partial charge in [0.1, 0.15) is 18.1 Å². The van der Waals surface area contributed by atoms with Crippen molar-refractivity contribution in [1.29, 1.82) is 0 Å². The van der Waals surface area contributed by atoms with Crippen LogP contribution in [0, 0.1) is 23.7 Å². The standard InChI is InChI=1S/C41H55ClN4O5S.CH4O/c1-27(29(3)52(49)43-4)6-5-7-32(20-44-16-17-46-35(22-44)24-50-28(2)40(46)48)36-11-9-33(36)21-45-25-41(15-14-31-19-34(42)10-12-37(31)41)26-51-39-13-8-30(23-47)18-38(39)45;1-2/h5,7-8,10,12-13,18-19,23,27-29,32-33,35-36,43H,6,9,11,14-17,20-22,24-26H2,1-4H3;2H,1H3/b7-5+;/t27?,28-,29?,32?,33?,35?,36?,41?,52?;/m1./s1. The van der Waals surface area contributed by atoms with Crippen LogP contribution in [-0.4, -0.2) is 115 Å². The molecule has 3 fully saturated rings. The van der Waals surface area contributed by atoms with Gasteiger partial charge in [0.15, 0.2) is 0 Å². The average molecular weight is 783 g/mol. The zero-order valence-electron chi connectivity index (χ0n) is 32.5. The molecular formula is C42H59ClN4O6S. The fraction of sp³-hybridized carbons (Fsp3) is 0.619. The number of piperazine rings is 1. The Morgan fingerprint density at radius 2 is 1.96 bits per heavy atom. The number of carbonyl (C=O) groups is 2. The lowest BCUT2D eigenvalue weighted by atomic mass is 9.66. The van der Waals surface area contributed by atoms with Gasteiger partial charge in [-0.3, -0.25) is 14.5 Å². The number of benzene rings is 2. The molecule has 1 amide bonds. The molecule has 2 N–H and O–H groups in total. The third-order valence-electron chi connectivity index (χ3n) is 12.9. The van der Waals surface area contributed by atoms with Gasteiger partial charge in [0.25, 0.3) is 5.91 Å². The molecule has 7 rings (SSSR count). The van der Waals surface area contributed by atoms with Gasteiger partial charge in [-0.25, -0.2) is 8.93 Å². The van der Waals surface area contributed by atoms with Gasteiger partial charge in [-0.2, -0.15) is 0 Å². The number of aldehydes is 1. The highest BCUT2D eigenvalue weighted by Gasteiger charge is 2.46. The fourth-order valence-electron chi connectivity index (χ4n) is 9.40. The number of ether oxygens (including phenoxy) is 2. The molecule has 9 atom stereocenters. The summed E-state index contributed by atoms with van der Waals surface area (Å²) in [6.45, 7) is 12.4. The first kappa shape index (κ1) is 40.9. The number of nitrogens with zero attached hydrogens (tertiary/aromatic N) is 3. The molecule has 2 saturated heterocycles. The van der Waals surface area contributed by atoms with Crippen molar-refractivity contribution in [3.63, 3.8) is 0 Å². The number of fused-ring (bicyclic) bond motifs is 4. The molecule has 2 aromatic carbocycles. The number of nitrogens with one attached hydrogen (secondary N) is 1. The van der Waals surface area contributed by atoms with E-state index < -0.39 is 11.0 Å². The van der Waals surface area contributed by atoms with Crippen molar-refractivity contribution in [2.75, 3.05) is 71.5 Å². The Bertz CT molecular complexity index is 1690. The van der Waals surface area contributed by atoms with Crippen molar-refractivity contribution in [3.05, 3.63) is 70.3 Å². The molecule has 8 unspecified atom stereocenters. The average Bonchev–Trinajstić information content (AvgIpc) is 3.44. The molecule has 0 aromatic heterocycles. The normalized spacial score (nSPS) is 28.8. The molecule has 1 spiro atoms. The van der Waals surface area contributed by atoms with E-state index in [1.54, 1.807) is 7.05 Å². The van der Waals surface area contributed by atoms with Crippen LogP contribution in [0.5, 0.6) is 5.75 Å². The predicted octanol–water partition coefficient (Wildman–Crippen LogP) is 5.27. The van der Waals surface area contributed by atoms with Gasteiger partial charge in [-0.1, -0.05) is 36.7 Å². The number of rotatable bonds is 12. The highest BCUT2D eigenvalue weighted by atomic mass is 35.5. The lowest BCUT2D eigenvalue weighted by Crippen LogP contribution is -2.62. The third kappa shape index (κ3) is 8.61. The summed E-state index contributed by atoms with van der Waals surface area (Å²) in [6, 6.07) is 12.3. The summed E-state index contributed by atoms with van der Waals surface area (Å²) in [4.78, 5) is 31.9. The maximum absolute atomic E-state index is 12.8. The van der Waals surface area contributed by atoms with Crippen LogP contribution in [0.25, 0.3) is 0 Å². The minimum Gasteiger partial charge on any atom is -0.490 e. The van der Waals surface area contributed by atoms with Gasteiger partial charge in [-0.15, -0.1) is 0 Å². The fourth-order valence-corrected chi connectivity index (χ4v) is 10.5. The van der Waals surface area contributed by atoms with Gasteiger partial charge in [-0.05, 0) is 118 Å². The number of carbonyl (C=O) groups excluding carboxylic acids is 2. The number of allylic oxidation sites excluding steroid dienone is 1. The van der Waals surface area contributed by atoms with E-state index in [0.29, 0.717) is 36.5 Å². The molecule has 296 valence electrons. The van der Waals surface area contributed by atoms with Gasteiger partial charge >= 0.3 is 0 Å². The monoisotopic (exact) mass is 782 g/mol. The summed E-state index contributed by atoms with van der Waals surface area (Å²) in [5.41, 5.74) is 4.15. The summed E-state index contributed by atoms with van der Waals surface area (Å²) >= 11 is 6.44. The Morgan fingerprint density at radius 3 is 2.70 bits per heavy atom. The second-order valence-electron chi connectivity index (χ2n) is 16.0. The Morgan fingerprint density at radius 1 is 1.15 bits per heavy atom. The third-order valence-corrected chi connectivity index (χ3v) is 14.7. The summed E-state index contributed by atoms with van der Waals surface area (Å²) in [5, 5.41) is 7.82. The molecule has 5 aliphatic rings. The van der Waals surface area contributed by atoms with E-state index in [9.17, 15) is 13.8 Å². The molecule has 2 aromatic rings. The van der Waals surface area contributed by atoms with Crippen LogP contribution >= 0.6 is 11.6 Å². The first-order valence-electron chi connectivity index (χ1n) is 19.7. The molecular weight excluding hydrogens is 724 g/mol. The summed E-state index contributed by atoms with van der Waals surface area (Å²) in [5.74, 6) is 2.53. The number of amides is 1. The van der Waals surface area contributed by atoms with Gasteiger partial charge in [0, 0.05) is 67.6 Å². The van der Waals surface area contributed by atoms with Crippen molar-refractivity contribution in [2.45, 2.75) is 75.7 Å². The summed E-state index contributed by atoms with van der Waals surface area (Å²) < 4.78 is 27.9. The number of hydrogen-bond acceptors (Lipinski definition) is 8. The zero-order valence-corrected chi connectivity index (χ0v) is 34.1. The lowest BCUT2D eigenvalue weighted by Gasteiger charge is -2.48. The topological polar surface area (TPSA) is 112 Å². The predicted molar refractivity (Wildman–Crippen MR) is 216 cm³/mol. The molecule has 10 nitrogen and oxygen atoms in total. The second-order valence-corrected chi connectivity index (χ2v) is 18.2. The smallest absolute Gasteiger partial charge is 0.251 e. The van der Waals surface area contributed by atoms with E-state index >= 15 is 0 Å². The van der Waals surface area contributed by atoms with Crippen LogP contribution < -0.4 is 14.4 Å². The van der Waals surface area contributed by atoms with E-state index in [1.807, 2.05) is 36.1 Å². The minimum atomic E-state index is -1.06. The van der Waals surface area contributed by atoms with Crippen molar-refractivity contribution in [1.82, 2.24) is 14.5 Å². The highest BCUT2D eigenvalue weighted by molar-refractivity contribution is 7.83. The van der Waals surface area contributed by atoms with Crippen LogP contribution in [0.15, 0.2) is 48.6 Å². The molecule has 1 saturated carbocycles. The number of halogens is 1. The minimum absolute atomic E-state index is 0.0505. The second kappa shape index (κ2) is 18.0. The van der Waals surface area contributed by atoms with Crippen LogP contribution in [0.4, 0.5) is 5.69 Å². The van der Waals surface area contributed by atoms with E-state index in [1.165, 1.54) is 11.1 Å². The zero-order chi connectivity index (χ0) is 38.6. The summed E-state index contributed by atoms with van der Waals surface area (Å²) in [7, 11) is 1.69. The first-order valence-corrected chi connectivity index (χ1v) is 21.3. The van der Waals surface area contributed by atoms with Crippen LogP contribution in [0.2, 0.25) is 5.02 Å². The van der Waals surface area contributed by atoms with Gasteiger partial charge < -0.3 is 24.4 Å². The summed E-state index contributed by atoms with van der Waals surface area (Å²) in [6.07, 6.45) is 10.5. The van der Waals surface area contributed by atoms with Crippen molar-refractivity contribution >= 4 is 40.5 Å². The lowest BCUT2D eigenvalue weighted by molar-refractivity contribution is -0.162. The van der Waals surface area contributed by atoms with E-state index in [-0.39, 0.29) is 34.6 Å². The Hall–Kier alpha value is -2.80. The van der Waals surface area contributed by atoms with Crippen molar-refractivity contribution in [3.8, 4) is 5.75 Å². The highest BCUT2D eigenvalue weighted by Crippen LogP contribution is 2.48. The van der Waals surface area contributed by atoms with Crippen molar-refractivity contribution in [2.24, 2.45) is 23.7 Å². The maximum atomic E-state index is 12.8. The van der Waals surface area contributed by atoms with E-state index in [2.05, 4.69) is 52.7 Å². The van der Waals surface area contributed by atoms with Crippen LogP contribution in [0.1, 0.15) is 67.9 Å². The Balaban J connectivity index is 0.00000245. The molecule has 0 bridgehead atoms. The number of hydrogen-bond donors (Lipinski definition) is 2. The number of aryl methyl sites for hydroxylation is 1. The van der Waals surface area contributed by atoms with Gasteiger partial charge in [0.05, 0.1) is 35.9 Å². The molecule has 54 heavy (non-hydrogen) atoms. The quantitative estimate of drug-likeness (QED) is 0.222. The van der Waals surface area contributed by atoms with E-state index in [4.69, 9.17) is 26.2 Å². The van der Waals surface area contributed by atoms with Crippen LogP contribution in [0.3, 0.4) is 0 Å². The van der Waals surface area contributed by atoms with Crippen molar-refractivity contribution < 1.29 is 28.4 Å². The number of morpholine rings is 1. The largest absolute Gasteiger partial charge is 0.490 e. The van der Waals surface area contributed by atoms with E-state index in [0.717, 1.165) is 101 Å². The number of aliphatic hydroxyl groups is 1. The molecule has 12 heteroatoms. The molecule has 2 aliphatic carbocycles. The molecule has 3 heterocycles. The SMILES string of the molecule is CNS(=O)C(C)C(C)C/C=C/C(CN1CCN2C(=O)[C@@H](C)OCC2C1)C1CCC1CN1CC2(CCc3cc(Cl)ccc32)COc2ccc(C=O)cc21.CO. The Kier molecular flexibility index (Phi) is 13.6. The molecule has 0 radical (unpaired) electrons. The molecule has 3 aliphatic heterocycles. The van der Waals surface area contributed by atoms with Crippen LogP contribution in [-0.2, 0) is 32.4 Å². The first-order chi connectivity index (χ1) is 26.1. The Labute approximate surface area is 329 Å². The number of aliphatic hydroxyl groups excluding tert-OH is 1. The van der Waals surface area contributed by atoms with Gasteiger partial charge in [0.2, 0.25) is 0 Å². The number of anilines is 1.